The molecular weight excluding hydrogens is 784 g/mol. The SMILES string of the molecule is CCCCCCCCCCCCCCCCC(CO[C@@H]1O[C@H](CO)[C@@H](O[C@H]2O[C@H](CO)[C@@H](O)[C@H](O)[C@H]2O)[C@H](O)[C@H]1O)OC(=O)C(CC(CC(=O)O)OC(C)=O)OC(C)=O. The fraction of sp³-hybridized carbons (Fsp3) is 0.900. The third kappa shape index (κ3) is 19.4. The molecule has 2 aliphatic rings. The highest BCUT2D eigenvalue weighted by Crippen LogP contribution is 2.30. The number of carbonyl (C=O) groups is 4. The zero-order chi connectivity index (χ0) is 43.9. The van der Waals surface area contributed by atoms with Crippen molar-refractivity contribution in [3.63, 3.8) is 0 Å². The Morgan fingerprint density at radius 3 is 1.61 bits per heavy atom. The zero-order valence-corrected chi connectivity index (χ0v) is 34.7. The first-order valence-corrected chi connectivity index (χ1v) is 21.1. The Morgan fingerprint density at radius 1 is 0.593 bits per heavy atom. The van der Waals surface area contributed by atoms with E-state index < -0.39 is 136 Å². The first-order chi connectivity index (χ1) is 28.1. The molecule has 2 saturated heterocycles. The molecule has 0 aromatic heterocycles. The lowest BCUT2D eigenvalue weighted by atomic mass is 9.97. The predicted molar refractivity (Wildman–Crippen MR) is 205 cm³/mol. The second kappa shape index (κ2) is 28.9. The van der Waals surface area contributed by atoms with Crippen LogP contribution in [0.2, 0.25) is 0 Å². The van der Waals surface area contributed by atoms with Gasteiger partial charge in [-0.15, -0.1) is 0 Å². The predicted octanol–water partition coefficient (Wildman–Crippen LogP) is 1.14. The molecule has 3 unspecified atom stereocenters. The quantitative estimate of drug-likeness (QED) is 0.0285. The molecule has 2 fully saturated rings. The van der Waals surface area contributed by atoms with Crippen molar-refractivity contribution in [1.82, 2.24) is 0 Å². The van der Waals surface area contributed by atoms with Gasteiger partial charge in [0.25, 0.3) is 0 Å². The number of aliphatic hydroxyl groups excluding tert-OH is 7. The van der Waals surface area contributed by atoms with E-state index in [0.29, 0.717) is 6.42 Å². The minimum Gasteiger partial charge on any atom is -0.481 e. The Hall–Kier alpha value is -2.56. The summed E-state index contributed by atoms with van der Waals surface area (Å²) < 4.78 is 38.3. The maximum Gasteiger partial charge on any atom is 0.347 e. The van der Waals surface area contributed by atoms with Gasteiger partial charge in [0.1, 0.15) is 61.0 Å². The van der Waals surface area contributed by atoms with E-state index in [0.717, 1.165) is 46.0 Å². The third-order valence-electron chi connectivity index (χ3n) is 10.4. The summed E-state index contributed by atoms with van der Waals surface area (Å²) in [6, 6.07) is 0. The maximum absolute atomic E-state index is 13.5. The lowest BCUT2D eigenvalue weighted by molar-refractivity contribution is -0.360. The molecule has 59 heavy (non-hydrogen) atoms. The Kier molecular flexibility index (Phi) is 25.7. The first kappa shape index (κ1) is 52.6. The lowest BCUT2D eigenvalue weighted by Crippen LogP contribution is -2.64. The van der Waals surface area contributed by atoms with Crippen molar-refractivity contribution in [3.8, 4) is 0 Å². The summed E-state index contributed by atoms with van der Waals surface area (Å²) in [6.45, 7) is 2.32. The summed E-state index contributed by atoms with van der Waals surface area (Å²) in [4.78, 5) is 48.5. The van der Waals surface area contributed by atoms with Crippen molar-refractivity contribution < 1.29 is 93.2 Å². The molecule has 8 N–H and O–H groups in total. The van der Waals surface area contributed by atoms with Crippen molar-refractivity contribution in [1.29, 1.82) is 0 Å². The summed E-state index contributed by atoms with van der Waals surface area (Å²) in [5.41, 5.74) is 0. The van der Waals surface area contributed by atoms with Gasteiger partial charge >= 0.3 is 23.9 Å². The van der Waals surface area contributed by atoms with E-state index in [1.807, 2.05) is 0 Å². The summed E-state index contributed by atoms with van der Waals surface area (Å²) >= 11 is 0. The molecule has 0 aromatic rings. The van der Waals surface area contributed by atoms with Gasteiger partial charge in [0, 0.05) is 20.3 Å². The van der Waals surface area contributed by atoms with Crippen molar-refractivity contribution in [2.45, 2.75) is 210 Å². The van der Waals surface area contributed by atoms with Crippen LogP contribution in [0.25, 0.3) is 0 Å². The molecule has 2 rings (SSSR count). The number of carbonyl (C=O) groups excluding carboxylic acids is 3. The number of hydrogen-bond acceptors (Lipinski definition) is 18. The number of ether oxygens (including phenoxy) is 7. The standard InChI is InChI=1S/C40H70O19/c1-4-5-6-7-8-9-10-11-12-13-14-15-16-17-18-26(56-38(52)28(55-25(3)44)19-27(20-31(45)46)54-24(2)43)23-53-39-36(51)34(49)37(30(22-42)58-39)59-40-35(50)33(48)32(47)29(21-41)57-40/h26-30,32-37,39-42,47-51H,4-23H2,1-3H3,(H,45,46)/t26?,27?,28?,29-,30-,32-,33+,34-,35-,36-,37-,39-,40-/m1/s1. The summed E-state index contributed by atoms with van der Waals surface area (Å²) in [7, 11) is 0. The molecule has 344 valence electrons. The van der Waals surface area contributed by atoms with Gasteiger partial charge in [-0.05, 0) is 12.8 Å². The summed E-state index contributed by atoms with van der Waals surface area (Å²) in [5, 5.41) is 81.6. The highest BCUT2D eigenvalue weighted by molar-refractivity contribution is 5.79. The third-order valence-corrected chi connectivity index (χ3v) is 10.4. The maximum atomic E-state index is 13.5. The second-order valence-electron chi connectivity index (χ2n) is 15.4. The largest absolute Gasteiger partial charge is 0.481 e. The first-order valence-electron chi connectivity index (χ1n) is 21.1. The molecule has 0 amide bonds. The van der Waals surface area contributed by atoms with Crippen molar-refractivity contribution in [2.24, 2.45) is 0 Å². The molecule has 0 aliphatic carbocycles. The Morgan fingerprint density at radius 2 is 1.10 bits per heavy atom. The number of carboxylic acids is 1. The van der Waals surface area contributed by atoms with E-state index in [1.165, 1.54) is 51.4 Å². The van der Waals surface area contributed by atoms with Gasteiger partial charge < -0.3 is 74.0 Å². The molecule has 19 heteroatoms. The van der Waals surface area contributed by atoms with Crippen molar-refractivity contribution in [3.05, 3.63) is 0 Å². The second-order valence-corrected chi connectivity index (χ2v) is 15.4. The number of hydrogen-bond donors (Lipinski definition) is 8. The Bertz CT molecular complexity index is 1190. The highest BCUT2D eigenvalue weighted by atomic mass is 16.7. The van der Waals surface area contributed by atoms with Gasteiger partial charge in [0.15, 0.2) is 12.6 Å². The normalized spacial score (nSPS) is 28.6. The minimum atomic E-state index is -1.85. The topological polar surface area (TPSA) is 295 Å². The van der Waals surface area contributed by atoms with Crippen LogP contribution in [0.3, 0.4) is 0 Å². The average molecular weight is 855 g/mol. The Labute approximate surface area is 346 Å². The summed E-state index contributed by atoms with van der Waals surface area (Å²) in [6.07, 6.45) is -6.07. The van der Waals surface area contributed by atoms with E-state index in [-0.39, 0.29) is 6.42 Å². The number of esters is 3. The van der Waals surface area contributed by atoms with Gasteiger partial charge in [-0.2, -0.15) is 0 Å². The molecule has 19 nitrogen and oxygen atoms in total. The number of carboxylic acid groups (broad SMARTS) is 1. The molecule has 0 radical (unpaired) electrons. The van der Waals surface area contributed by atoms with Crippen LogP contribution in [0.1, 0.15) is 130 Å². The number of rotatable bonds is 30. The van der Waals surface area contributed by atoms with Crippen LogP contribution in [0.5, 0.6) is 0 Å². The summed E-state index contributed by atoms with van der Waals surface area (Å²) in [5.74, 6) is -4.10. The van der Waals surface area contributed by atoms with Gasteiger partial charge in [0.05, 0.1) is 26.2 Å². The van der Waals surface area contributed by atoms with Gasteiger partial charge in [-0.1, -0.05) is 90.4 Å². The molecule has 2 heterocycles. The molecule has 2 aliphatic heterocycles. The molecule has 0 aromatic carbocycles. The lowest BCUT2D eigenvalue weighted by Gasteiger charge is -2.46. The zero-order valence-electron chi connectivity index (χ0n) is 34.7. The monoisotopic (exact) mass is 854 g/mol. The van der Waals surface area contributed by atoms with Crippen LogP contribution in [0.4, 0.5) is 0 Å². The number of aliphatic hydroxyl groups is 7. The fourth-order valence-electron chi connectivity index (χ4n) is 7.11. The van der Waals surface area contributed by atoms with Gasteiger partial charge in [-0.3, -0.25) is 14.4 Å². The van der Waals surface area contributed by atoms with Crippen LogP contribution < -0.4 is 0 Å². The number of aliphatic carboxylic acids is 1. The molecule has 13 atom stereocenters. The van der Waals surface area contributed by atoms with Crippen LogP contribution >= 0.6 is 0 Å². The van der Waals surface area contributed by atoms with Crippen molar-refractivity contribution >= 4 is 23.9 Å². The van der Waals surface area contributed by atoms with Crippen molar-refractivity contribution in [2.75, 3.05) is 19.8 Å². The minimum absolute atomic E-state index is 0.233. The number of unbranched alkanes of at least 4 members (excludes halogenated alkanes) is 13. The van der Waals surface area contributed by atoms with Crippen LogP contribution in [0, 0.1) is 0 Å². The van der Waals surface area contributed by atoms with E-state index in [2.05, 4.69) is 6.92 Å². The van der Waals surface area contributed by atoms with E-state index in [4.69, 9.17) is 33.2 Å². The van der Waals surface area contributed by atoms with E-state index in [1.54, 1.807) is 0 Å². The molecule has 0 bridgehead atoms. The molecular formula is C40H70O19. The molecule has 0 spiro atoms. The van der Waals surface area contributed by atoms with E-state index in [9.17, 15) is 60.0 Å². The molecule has 0 saturated carbocycles. The highest BCUT2D eigenvalue weighted by Gasteiger charge is 2.51. The average Bonchev–Trinajstić information content (AvgIpc) is 3.18. The van der Waals surface area contributed by atoms with Crippen LogP contribution in [-0.4, -0.2) is 164 Å². The van der Waals surface area contributed by atoms with Crippen LogP contribution in [-0.2, 0) is 52.3 Å². The van der Waals surface area contributed by atoms with E-state index >= 15 is 0 Å². The fourth-order valence-corrected chi connectivity index (χ4v) is 7.11. The van der Waals surface area contributed by atoms with Gasteiger partial charge in [-0.25, -0.2) is 4.79 Å². The van der Waals surface area contributed by atoms with Gasteiger partial charge in [0.2, 0.25) is 6.10 Å². The van der Waals surface area contributed by atoms with Crippen LogP contribution in [0.15, 0.2) is 0 Å². The smallest absolute Gasteiger partial charge is 0.347 e. The Balaban J connectivity index is 2.08.